The predicted molar refractivity (Wildman–Crippen MR) is 73.6 cm³/mol. The second-order valence-electron chi connectivity index (χ2n) is 4.25. The monoisotopic (exact) mass is 260 g/mol. The average molecular weight is 260 g/mol. The SMILES string of the molecule is COC(=O)c1ncn(-c2cccc(N(C)C)c2)c1N. The number of rotatable bonds is 3. The molecule has 19 heavy (non-hydrogen) atoms. The first-order valence-electron chi connectivity index (χ1n) is 5.73. The largest absolute Gasteiger partial charge is 0.464 e. The maximum atomic E-state index is 11.5. The Bertz CT molecular complexity index is 604. The van der Waals surface area contributed by atoms with E-state index in [1.165, 1.54) is 13.4 Å². The van der Waals surface area contributed by atoms with Crippen LogP contribution in [0.25, 0.3) is 5.69 Å². The molecule has 1 aromatic heterocycles. The summed E-state index contributed by atoms with van der Waals surface area (Å²) in [4.78, 5) is 17.4. The van der Waals surface area contributed by atoms with Crippen LogP contribution in [0.5, 0.6) is 0 Å². The first-order valence-corrected chi connectivity index (χ1v) is 5.73. The third-order valence-corrected chi connectivity index (χ3v) is 2.81. The number of hydrogen-bond acceptors (Lipinski definition) is 5. The zero-order chi connectivity index (χ0) is 14.0. The molecule has 6 nitrogen and oxygen atoms in total. The number of nitrogens with two attached hydrogens (primary N) is 1. The van der Waals surface area contributed by atoms with Crippen LogP contribution in [0.1, 0.15) is 10.5 Å². The molecule has 0 saturated heterocycles. The summed E-state index contributed by atoms with van der Waals surface area (Å²) >= 11 is 0. The number of benzene rings is 1. The average Bonchev–Trinajstić information content (AvgIpc) is 2.80. The lowest BCUT2D eigenvalue weighted by molar-refractivity contribution is 0.0596. The van der Waals surface area contributed by atoms with Crippen LogP contribution < -0.4 is 10.6 Å². The zero-order valence-electron chi connectivity index (χ0n) is 11.1. The Morgan fingerprint density at radius 1 is 1.42 bits per heavy atom. The van der Waals surface area contributed by atoms with E-state index in [0.717, 1.165) is 11.4 Å². The molecule has 0 aliphatic carbocycles. The second kappa shape index (κ2) is 5.01. The van der Waals surface area contributed by atoms with E-state index in [0.29, 0.717) is 0 Å². The van der Waals surface area contributed by atoms with E-state index in [9.17, 15) is 4.79 Å². The number of aromatic nitrogens is 2. The summed E-state index contributed by atoms with van der Waals surface area (Å²) < 4.78 is 6.28. The van der Waals surface area contributed by atoms with Gasteiger partial charge in [0.1, 0.15) is 12.1 Å². The van der Waals surface area contributed by atoms with Crippen molar-refractivity contribution in [2.75, 3.05) is 31.8 Å². The smallest absolute Gasteiger partial charge is 0.360 e. The molecule has 100 valence electrons. The van der Waals surface area contributed by atoms with Crippen molar-refractivity contribution in [2.24, 2.45) is 0 Å². The summed E-state index contributed by atoms with van der Waals surface area (Å²) in [6.45, 7) is 0. The van der Waals surface area contributed by atoms with Gasteiger partial charge in [0.15, 0.2) is 5.69 Å². The molecule has 0 radical (unpaired) electrons. The highest BCUT2D eigenvalue weighted by atomic mass is 16.5. The first-order chi connectivity index (χ1) is 9.04. The predicted octanol–water partition coefficient (Wildman–Crippen LogP) is 1.31. The third kappa shape index (κ3) is 2.37. The molecule has 0 atom stereocenters. The van der Waals surface area contributed by atoms with E-state index in [-0.39, 0.29) is 11.5 Å². The van der Waals surface area contributed by atoms with Crippen LogP contribution in [0, 0.1) is 0 Å². The van der Waals surface area contributed by atoms with Gasteiger partial charge in [-0.2, -0.15) is 0 Å². The highest BCUT2D eigenvalue weighted by molar-refractivity contribution is 5.92. The van der Waals surface area contributed by atoms with E-state index in [4.69, 9.17) is 5.73 Å². The second-order valence-corrected chi connectivity index (χ2v) is 4.25. The molecule has 0 fully saturated rings. The molecule has 0 aliphatic heterocycles. The zero-order valence-corrected chi connectivity index (χ0v) is 11.1. The Balaban J connectivity index is 2.45. The number of ether oxygens (including phenoxy) is 1. The van der Waals surface area contributed by atoms with E-state index in [1.54, 1.807) is 4.57 Å². The fraction of sp³-hybridized carbons (Fsp3) is 0.231. The van der Waals surface area contributed by atoms with Crippen LogP contribution in [0.3, 0.4) is 0 Å². The Morgan fingerprint density at radius 3 is 2.79 bits per heavy atom. The van der Waals surface area contributed by atoms with Crippen molar-refractivity contribution < 1.29 is 9.53 Å². The van der Waals surface area contributed by atoms with Crippen LogP contribution >= 0.6 is 0 Å². The number of carbonyl (C=O) groups excluding carboxylic acids is 1. The molecule has 2 N–H and O–H groups in total. The van der Waals surface area contributed by atoms with Gasteiger partial charge in [0.05, 0.1) is 12.8 Å². The van der Waals surface area contributed by atoms with Crippen molar-refractivity contribution in [2.45, 2.75) is 0 Å². The first kappa shape index (κ1) is 12.9. The van der Waals surface area contributed by atoms with Gasteiger partial charge in [0.25, 0.3) is 0 Å². The number of nitrogens with zero attached hydrogens (tertiary/aromatic N) is 3. The number of nitrogen functional groups attached to an aromatic ring is 1. The number of esters is 1. The molecule has 6 heteroatoms. The molecule has 2 aromatic rings. The topological polar surface area (TPSA) is 73.4 Å². The number of carbonyl (C=O) groups is 1. The minimum absolute atomic E-state index is 0.123. The van der Waals surface area contributed by atoms with Gasteiger partial charge in [0, 0.05) is 19.8 Å². The molecule has 0 saturated carbocycles. The highest BCUT2D eigenvalue weighted by Crippen LogP contribution is 2.21. The van der Waals surface area contributed by atoms with Crippen molar-refractivity contribution in [1.82, 2.24) is 9.55 Å². The van der Waals surface area contributed by atoms with Gasteiger partial charge in [-0.05, 0) is 18.2 Å². The van der Waals surface area contributed by atoms with E-state index in [1.807, 2.05) is 43.3 Å². The van der Waals surface area contributed by atoms with Gasteiger partial charge in [0.2, 0.25) is 0 Å². The lowest BCUT2D eigenvalue weighted by Gasteiger charge is -2.14. The van der Waals surface area contributed by atoms with Gasteiger partial charge in [-0.25, -0.2) is 9.78 Å². The quantitative estimate of drug-likeness (QED) is 0.842. The summed E-state index contributed by atoms with van der Waals surface area (Å²) in [6.07, 6.45) is 1.51. The van der Waals surface area contributed by atoms with E-state index in [2.05, 4.69) is 9.72 Å². The Morgan fingerprint density at radius 2 is 2.16 bits per heavy atom. The summed E-state index contributed by atoms with van der Waals surface area (Å²) in [7, 11) is 5.21. The van der Waals surface area contributed by atoms with Crippen molar-refractivity contribution in [3.8, 4) is 5.69 Å². The fourth-order valence-electron chi connectivity index (χ4n) is 1.74. The number of hydrogen-bond donors (Lipinski definition) is 1. The van der Waals surface area contributed by atoms with Gasteiger partial charge >= 0.3 is 5.97 Å². The maximum Gasteiger partial charge on any atom is 0.360 e. The molecule has 0 unspecified atom stereocenters. The minimum atomic E-state index is -0.542. The normalized spacial score (nSPS) is 10.3. The summed E-state index contributed by atoms with van der Waals surface area (Å²) in [5, 5.41) is 0. The Kier molecular flexibility index (Phi) is 3.41. The van der Waals surface area contributed by atoms with Crippen molar-refractivity contribution in [3.63, 3.8) is 0 Å². The Hall–Kier alpha value is -2.50. The molecule has 1 heterocycles. The van der Waals surface area contributed by atoms with Crippen LogP contribution in [0.2, 0.25) is 0 Å². The van der Waals surface area contributed by atoms with Crippen LogP contribution in [0.15, 0.2) is 30.6 Å². The molecule has 0 bridgehead atoms. The molecule has 0 spiro atoms. The number of imidazole rings is 1. The molecular weight excluding hydrogens is 244 g/mol. The lowest BCUT2D eigenvalue weighted by atomic mass is 10.2. The van der Waals surface area contributed by atoms with Crippen LogP contribution in [-0.2, 0) is 4.74 Å². The molecule has 1 aromatic carbocycles. The molecule has 2 rings (SSSR count). The van der Waals surface area contributed by atoms with Crippen molar-refractivity contribution in [3.05, 3.63) is 36.3 Å². The van der Waals surface area contributed by atoms with E-state index >= 15 is 0 Å². The minimum Gasteiger partial charge on any atom is -0.464 e. The fourth-order valence-corrected chi connectivity index (χ4v) is 1.74. The number of methoxy groups -OCH3 is 1. The van der Waals surface area contributed by atoms with Crippen molar-refractivity contribution >= 4 is 17.5 Å². The summed E-state index contributed by atoms with van der Waals surface area (Å²) in [6, 6.07) is 7.75. The van der Waals surface area contributed by atoms with Crippen LogP contribution in [-0.4, -0.2) is 36.7 Å². The molecule has 0 aliphatic rings. The van der Waals surface area contributed by atoms with Gasteiger partial charge in [-0.1, -0.05) is 6.07 Å². The standard InChI is InChI=1S/C13H16N4O2/c1-16(2)9-5-4-6-10(7-9)17-8-15-11(12(17)14)13(18)19-3/h4-8H,14H2,1-3H3. The number of anilines is 2. The van der Waals surface area contributed by atoms with Crippen molar-refractivity contribution in [1.29, 1.82) is 0 Å². The maximum absolute atomic E-state index is 11.5. The van der Waals surface area contributed by atoms with Gasteiger partial charge < -0.3 is 15.4 Å². The highest BCUT2D eigenvalue weighted by Gasteiger charge is 2.16. The summed E-state index contributed by atoms with van der Waals surface area (Å²) in [5.41, 5.74) is 7.92. The van der Waals surface area contributed by atoms with Gasteiger partial charge in [-0.3, -0.25) is 4.57 Å². The van der Waals surface area contributed by atoms with Crippen LogP contribution in [0.4, 0.5) is 11.5 Å². The van der Waals surface area contributed by atoms with Gasteiger partial charge in [-0.15, -0.1) is 0 Å². The molecule has 0 amide bonds. The van der Waals surface area contributed by atoms with E-state index < -0.39 is 5.97 Å². The third-order valence-electron chi connectivity index (χ3n) is 2.81. The summed E-state index contributed by atoms with van der Waals surface area (Å²) in [5.74, 6) is -0.275. The lowest BCUT2D eigenvalue weighted by Crippen LogP contribution is -2.10. The molecular formula is C13H16N4O2. The Labute approximate surface area is 111 Å².